The van der Waals surface area contributed by atoms with Crippen LogP contribution in [0.25, 0.3) is 22.1 Å². The van der Waals surface area contributed by atoms with Gasteiger partial charge in [0.15, 0.2) is 0 Å². The Labute approximate surface area is 170 Å². The summed E-state index contributed by atoms with van der Waals surface area (Å²) < 4.78 is 4.44. The molecular formula is C25H24N4. The van der Waals surface area contributed by atoms with Gasteiger partial charge in [-0.05, 0) is 35.7 Å². The maximum Gasteiger partial charge on any atom is 0.110 e. The maximum absolute atomic E-state index is 4.92. The average Bonchev–Trinajstić information content (AvgIpc) is 3.25. The fourth-order valence-electron chi connectivity index (χ4n) is 4.23. The van der Waals surface area contributed by atoms with Crippen LogP contribution in [0, 0.1) is 0 Å². The van der Waals surface area contributed by atoms with Gasteiger partial charge in [0, 0.05) is 26.9 Å². The Balaban J connectivity index is 1.54. The second-order valence-electron chi connectivity index (χ2n) is 7.67. The topological polar surface area (TPSA) is 35.6 Å². The van der Waals surface area contributed by atoms with Crippen molar-refractivity contribution in [1.29, 1.82) is 0 Å². The smallest absolute Gasteiger partial charge is 0.110 e. The predicted molar refractivity (Wildman–Crippen MR) is 118 cm³/mol. The Morgan fingerprint density at radius 3 is 1.55 bits per heavy atom. The molecule has 0 fully saturated rings. The third kappa shape index (κ3) is 3.21. The van der Waals surface area contributed by atoms with Crippen molar-refractivity contribution >= 4 is 22.1 Å². The number of rotatable bonds is 5. The van der Waals surface area contributed by atoms with Crippen LogP contribution in [-0.4, -0.2) is 19.1 Å². The van der Waals surface area contributed by atoms with Gasteiger partial charge in [-0.25, -0.2) is 9.97 Å². The van der Waals surface area contributed by atoms with Gasteiger partial charge in [0.05, 0.1) is 22.1 Å². The molecule has 0 aliphatic rings. The number of fused-ring (bicyclic) bond motifs is 2. The van der Waals surface area contributed by atoms with Gasteiger partial charge in [-0.3, -0.25) is 0 Å². The van der Waals surface area contributed by atoms with Gasteiger partial charge in [-0.2, -0.15) is 0 Å². The van der Waals surface area contributed by atoms with Crippen molar-refractivity contribution in [1.82, 2.24) is 19.1 Å². The number of aryl methyl sites for hydroxylation is 2. The summed E-state index contributed by atoms with van der Waals surface area (Å²) in [6, 6.07) is 27.4. The summed E-state index contributed by atoms with van der Waals surface area (Å²) in [6.45, 7) is 0. The van der Waals surface area contributed by atoms with E-state index in [0.29, 0.717) is 5.92 Å². The molecule has 5 aromatic rings. The highest BCUT2D eigenvalue weighted by atomic mass is 15.1. The number of hydrogen-bond acceptors (Lipinski definition) is 2. The van der Waals surface area contributed by atoms with Crippen LogP contribution in [0.4, 0.5) is 0 Å². The van der Waals surface area contributed by atoms with Gasteiger partial charge >= 0.3 is 0 Å². The molecule has 0 radical (unpaired) electrons. The Morgan fingerprint density at radius 2 is 1.07 bits per heavy atom. The monoisotopic (exact) mass is 380 g/mol. The first-order chi connectivity index (χ1) is 14.2. The SMILES string of the molecule is Cn1c(CC(Cc2nc3ccccc3n2C)c2ccccc2)nc2ccccc21. The number of para-hydroxylation sites is 4. The van der Waals surface area contributed by atoms with Crippen LogP contribution >= 0.6 is 0 Å². The summed E-state index contributed by atoms with van der Waals surface area (Å²) in [5.41, 5.74) is 5.79. The van der Waals surface area contributed by atoms with Gasteiger partial charge in [0.1, 0.15) is 11.6 Å². The Bertz CT molecular complexity index is 1200. The van der Waals surface area contributed by atoms with E-state index in [2.05, 4.69) is 90.0 Å². The first kappa shape index (κ1) is 17.7. The summed E-state index contributed by atoms with van der Waals surface area (Å²) in [6.07, 6.45) is 1.75. The Hall–Kier alpha value is -3.40. The summed E-state index contributed by atoms with van der Waals surface area (Å²) in [7, 11) is 4.23. The van der Waals surface area contributed by atoms with Crippen LogP contribution in [0.1, 0.15) is 23.1 Å². The van der Waals surface area contributed by atoms with Gasteiger partial charge in [0.25, 0.3) is 0 Å². The minimum atomic E-state index is 0.308. The summed E-state index contributed by atoms with van der Waals surface area (Å²) in [5, 5.41) is 0. The third-order valence-corrected chi connectivity index (χ3v) is 5.89. The molecule has 0 spiro atoms. The van der Waals surface area contributed by atoms with Crippen LogP contribution in [0.3, 0.4) is 0 Å². The van der Waals surface area contributed by atoms with Crippen LogP contribution < -0.4 is 0 Å². The van der Waals surface area contributed by atoms with E-state index in [1.807, 2.05) is 12.1 Å². The van der Waals surface area contributed by atoms with Crippen LogP contribution in [-0.2, 0) is 26.9 Å². The lowest BCUT2D eigenvalue weighted by molar-refractivity contribution is 0.607. The fraction of sp³-hybridized carbons (Fsp3) is 0.200. The lowest BCUT2D eigenvalue weighted by atomic mass is 9.92. The van der Waals surface area contributed by atoms with Crippen LogP contribution in [0.5, 0.6) is 0 Å². The number of aromatic nitrogens is 4. The van der Waals surface area contributed by atoms with Gasteiger partial charge < -0.3 is 9.13 Å². The van der Waals surface area contributed by atoms with Crippen LogP contribution in [0.2, 0.25) is 0 Å². The molecule has 0 atom stereocenters. The fourth-order valence-corrected chi connectivity index (χ4v) is 4.23. The molecule has 0 amide bonds. The highest BCUT2D eigenvalue weighted by molar-refractivity contribution is 5.76. The molecule has 2 aromatic heterocycles. The number of nitrogens with zero attached hydrogens (tertiary/aromatic N) is 4. The predicted octanol–water partition coefficient (Wildman–Crippen LogP) is 5.03. The number of hydrogen-bond donors (Lipinski definition) is 0. The molecule has 0 N–H and O–H groups in total. The van der Waals surface area contributed by atoms with E-state index >= 15 is 0 Å². The lowest BCUT2D eigenvalue weighted by Gasteiger charge is -2.17. The van der Waals surface area contributed by atoms with Gasteiger partial charge in [-0.1, -0.05) is 54.6 Å². The largest absolute Gasteiger partial charge is 0.331 e. The molecule has 0 aliphatic heterocycles. The Morgan fingerprint density at radius 1 is 0.621 bits per heavy atom. The van der Waals surface area contributed by atoms with E-state index in [9.17, 15) is 0 Å². The number of benzene rings is 3. The zero-order valence-electron chi connectivity index (χ0n) is 16.8. The molecule has 0 bridgehead atoms. The van der Waals surface area contributed by atoms with Crippen molar-refractivity contribution in [2.24, 2.45) is 14.1 Å². The molecule has 0 aliphatic carbocycles. The quantitative estimate of drug-likeness (QED) is 0.429. The lowest BCUT2D eigenvalue weighted by Crippen LogP contribution is -2.13. The highest BCUT2D eigenvalue weighted by Gasteiger charge is 2.20. The zero-order chi connectivity index (χ0) is 19.8. The second kappa shape index (κ2) is 7.21. The second-order valence-corrected chi connectivity index (χ2v) is 7.67. The Kier molecular flexibility index (Phi) is 4.39. The molecule has 0 unspecified atom stereocenters. The van der Waals surface area contributed by atoms with E-state index in [0.717, 1.165) is 35.5 Å². The molecule has 2 heterocycles. The molecule has 3 aromatic carbocycles. The normalized spacial score (nSPS) is 11.7. The molecule has 5 rings (SSSR count). The summed E-state index contributed by atoms with van der Waals surface area (Å²) in [5.74, 6) is 2.53. The van der Waals surface area contributed by atoms with E-state index < -0.39 is 0 Å². The van der Waals surface area contributed by atoms with E-state index in [1.165, 1.54) is 16.6 Å². The van der Waals surface area contributed by atoms with Crippen molar-refractivity contribution in [2.45, 2.75) is 18.8 Å². The van der Waals surface area contributed by atoms with Crippen molar-refractivity contribution in [2.75, 3.05) is 0 Å². The van der Waals surface area contributed by atoms with Crippen molar-refractivity contribution in [3.63, 3.8) is 0 Å². The maximum atomic E-state index is 4.92. The molecule has 4 nitrogen and oxygen atoms in total. The van der Waals surface area contributed by atoms with Crippen molar-refractivity contribution < 1.29 is 0 Å². The summed E-state index contributed by atoms with van der Waals surface area (Å²) in [4.78, 5) is 9.84. The molecular weight excluding hydrogens is 356 g/mol. The first-order valence-corrected chi connectivity index (χ1v) is 10.1. The molecule has 144 valence electrons. The standard InChI is InChI=1S/C25H24N4/c1-28-22-14-8-6-12-20(22)26-24(28)16-19(18-10-4-3-5-11-18)17-25-27-21-13-7-9-15-23(21)29(25)2/h3-15,19H,16-17H2,1-2H3. The minimum absolute atomic E-state index is 0.308. The highest BCUT2D eigenvalue weighted by Crippen LogP contribution is 2.27. The number of imidazole rings is 2. The molecule has 0 saturated heterocycles. The minimum Gasteiger partial charge on any atom is -0.331 e. The van der Waals surface area contributed by atoms with Crippen molar-refractivity contribution in [3.8, 4) is 0 Å². The van der Waals surface area contributed by atoms with E-state index in [1.54, 1.807) is 0 Å². The zero-order valence-corrected chi connectivity index (χ0v) is 16.8. The van der Waals surface area contributed by atoms with E-state index in [4.69, 9.17) is 9.97 Å². The first-order valence-electron chi connectivity index (χ1n) is 10.1. The average molecular weight is 380 g/mol. The van der Waals surface area contributed by atoms with Gasteiger partial charge in [-0.15, -0.1) is 0 Å². The van der Waals surface area contributed by atoms with E-state index in [-0.39, 0.29) is 0 Å². The molecule has 0 saturated carbocycles. The van der Waals surface area contributed by atoms with Gasteiger partial charge in [0.2, 0.25) is 0 Å². The molecule has 29 heavy (non-hydrogen) atoms. The van der Waals surface area contributed by atoms with Crippen LogP contribution in [0.15, 0.2) is 78.9 Å². The molecule has 4 heteroatoms. The third-order valence-electron chi connectivity index (χ3n) is 5.89. The summed E-state index contributed by atoms with van der Waals surface area (Å²) >= 11 is 0. The van der Waals surface area contributed by atoms with Crippen molar-refractivity contribution in [3.05, 3.63) is 96.1 Å².